The molecule has 10 rings (SSSR count). The summed E-state index contributed by atoms with van der Waals surface area (Å²) in [6.07, 6.45) is 6.58. The first kappa shape index (κ1) is 29.3. The molecule has 0 saturated heterocycles. The molecule has 7 aromatic carbocycles. The Morgan fingerprint density at radius 3 is 1.61 bits per heavy atom. The van der Waals surface area contributed by atoms with Crippen LogP contribution in [0.15, 0.2) is 188 Å². The first-order valence-corrected chi connectivity index (χ1v) is 17.6. The number of dihydropyridines is 1. The minimum Gasteiger partial charge on any atom is -0.372 e. The number of nitrogens with one attached hydrogen (secondary N) is 1. The average Bonchev–Trinajstić information content (AvgIpc) is 3.71. The van der Waals surface area contributed by atoms with Crippen LogP contribution in [0.5, 0.6) is 0 Å². The first-order chi connectivity index (χ1) is 25.1. The zero-order valence-corrected chi connectivity index (χ0v) is 28.3. The lowest BCUT2D eigenvalue weighted by molar-refractivity contribution is 0.536. The Bertz CT molecular complexity index is 2830. The van der Waals surface area contributed by atoms with Gasteiger partial charge in [0.15, 0.2) is 0 Å². The molecule has 3 heteroatoms. The molecule has 1 N–H and O–H groups in total. The van der Waals surface area contributed by atoms with Crippen LogP contribution < -0.4 is 5.32 Å². The summed E-state index contributed by atoms with van der Waals surface area (Å²) in [7, 11) is 0. The fraction of sp³-hybridized carbons (Fsp3) is 0.0417. The van der Waals surface area contributed by atoms with Crippen LogP contribution in [0.1, 0.15) is 18.1 Å². The van der Waals surface area contributed by atoms with Crippen molar-refractivity contribution in [3.05, 3.63) is 199 Å². The Kier molecular flexibility index (Phi) is 6.62. The molecule has 0 spiro atoms. The fourth-order valence-corrected chi connectivity index (χ4v) is 8.07. The maximum atomic E-state index is 3.83. The van der Waals surface area contributed by atoms with E-state index < -0.39 is 0 Å². The van der Waals surface area contributed by atoms with Crippen LogP contribution in [0.2, 0.25) is 0 Å². The minimum absolute atomic E-state index is 0.288. The second-order valence-electron chi connectivity index (χ2n) is 13.7. The molecule has 51 heavy (non-hydrogen) atoms. The minimum atomic E-state index is -0.288. The molecular weight excluding hydrogens is 619 g/mol. The predicted octanol–water partition coefficient (Wildman–Crippen LogP) is 12.0. The molecule has 0 saturated carbocycles. The molecule has 3 nitrogen and oxygen atoms in total. The van der Waals surface area contributed by atoms with Crippen molar-refractivity contribution in [2.75, 3.05) is 0 Å². The quantitative estimate of drug-likeness (QED) is 0.196. The number of hydrogen-bond donors (Lipinski definition) is 1. The van der Waals surface area contributed by atoms with Crippen LogP contribution in [-0.2, 0) is 5.54 Å². The van der Waals surface area contributed by atoms with Gasteiger partial charge in [0.2, 0.25) is 0 Å². The number of fused-ring (bicyclic) bond motifs is 6. The van der Waals surface area contributed by atoms with Crippen molar-refractivity contribution in [2.24, 2.45) is 0 Å². The van der Waals surface area contributed by atoms with Crippen LogP contribution >= 0.6 is 0 Å². The van der Waals surface area contributed by atoms with E-state index in [1.54, 1.807) is 0 Å². The van der Waals surface area contributed by atoms with Crippen LogP contribution in [0, 0.1) is 0 Å². The molecule has 0 fully saturated rings. The molecular formula is C48H35N3. The maximum absolute atomic E-state index is 3.83. The SMILES string of the molecule is CC1(c2ccccc2)C=CC=C(c2cccc(-n3c4ccccc4c4cc(-c5ccc6c(c5)c5ccccc5n6-c5ccccc5)ccc43)c2)N1. The molecule has 0 aliphatic carbocycles. The average molecular weight is 654 g/mol. The molecule has 9 aromatic rings. The molecule has 1 aliphatic heterocycles. The number of hydrogen-bond acceptors (Lipinski definition) is 1. The van der Waals surface area contributed by atoms with Crippen molar-refractivity contribution in [1.29, 1.82) is 0 Å². The third-order valence-corrected chi connectivity index (χ3v) is 10.6. The van der Waals surface area contributed by atoms with Gasteiger partial charge in [0.05, 0.1) is 27.6 Å². The van der Waals surface area contributed by atoms with Gasteiger partial charge in [-0.3, -0.25) is 0 Å². The lowest BCUT2D eigenvalue weighted by atomic mass is 9.88. The lowest BCUT2D eigenvalue weighted by Gasteiger charge is -2.33. The summed E-state index contributed by atoms with van der Waals surface area (Å²) < 4.78 is 4.78. The van der Waals surface area contributed by atoms with Crippen molar-refractivity contribution < 1.29 is 0 Å². The number of benzene rings is 7. The van der Waals surface area contributed by atoms with Crippen LogP contribution in [0.25, 0.3) is 71.8 Å². The van der Waals surface area contributed by atoms with E-state index in [0.717, 1.165) is 16.9 Å². The van der Waals surface area contributed by atoms with Crippen LogP contribution in [-0.4, -0.2) is 9.13 Å². The number of rotatable bonds is 5. The highest BCUT2D eigenvalue weighted by Gasteiger charge is 2.26. The summed E-state index contributed by atoms with van der Waals surface area (Å²) in [4.78, 5) is 0. The van der Waals surface area contributed by atoms with Crippen molar-refractivity contribution in [1.82, 2.24) is 14.5 Å². The molecule has 1 atom stereocenters. The molecule has 1 aliphatic rings. The highest BCUT2D eigenvalue weighted by atomic mass is 15.0. The van der Waals surface area contributed by atoms with Crippen LogP contribution in [0.4, 0.5) is 0 Å². The van der Waals surface area contributed by atoms with E-state index in [1.165, 1.54) is 66.0 Å². The summed E-state index contributed by atoms with van der Waals surface area (Å²) in [6.45, 7) is 2.24. The summed E-state index contributed by atoms with van der Waals surface area (Å²) in [5, 5.41) is 8.85. The van der Waals surface area contributed by atoms with E-state index in [1.807, 2.05) is 0 Å². The lowest BCUT2D eigenvalue weighted by Crippen LogP contribution is -2.37. The van der Waals surface area contributed by atoms with Crippen molar-refractivity contribution in [2.45, 2.75) is 12.5 Å². The van der Waals surface area contributed by atoms with E-state index >= 15 is 0 Å². The van der Waals surface area contributed by atoms with Gasteiger partial charge in [0.25, 0.3) is 0 Å². The molecule has 0 amide bonds. The molecule has 0 radical (unpaired) electrons. The number of aromatic nitrogens is 2. The standard InChI is InChI=1S/C48H35N3/c1-48(36-15-4-2-5-16-36)29-13-22-43(49-48)35-14-12-19-38(30-35)51-45-24-11-9-21-40(45)42-32-34(26-28-47(42)51)33-25-27-46-41(31-33)39-20-8-10-23-44(39)50(46)37-17-6-3-7-18-37/h2-32,49H,1H3. The van der Waals surface area contributed by atoms with Crippen molar-refractivity contribution >= 4 is 49.3 Å². The zero-order chi connectivity index (χ0) is 33.9. The zero-order valence-electron chi connectivity index (χ0n) is 28.3. The van der Waals surface area contributed by atoms with Gasteiger partial charge in [-0.05, 0) is 95.9 Å². The third-order valence-electron chi connectivity index (χ3n) is 10.6. The summed E-state index contributed by atoms with van der Waals surface area (Å²) in [5.74, 6) is 0. The topological polar surface area (TPSA) is 21.9 Å². The Labute approximate surface area is 297 Å². The van der Waals surface area contributed by atoms with E-state index in [4.69, 9.17) is 0 Å². The van der Waals surface area contributed by atoms with Gasteiger partial charge in [-0.2, -0.15) is 0 Å². The maximum Gasteiger partial charge on any atom is 0.0784 e. The van der Waals surface area contributed by atoms with Gasteiger partial charge in [-0.1, -0.05) is 121 Å². The van der Waals surface area contributed by atoms with Gasteiger partial charge in [0.1, 0.15) is 0 Å². The van der Waals surface area contributed by atoms with Crippen LogP contribution in [0.3, 0.4) is 0 Å². The second-order valence-corrected chi connectivity index (χ2v) is 13.7. The van der Waals surface area contributed by atoms with Gasteiger partial charge in [-0.25, -0.2) is 0 Å². The summed E-state index contributed by atoms with van der Waals surface area (Å²) in [6, 6.07) is 61.5. The Balaban J connectivity index is 1.08. The molecule has 1 unspecified atom stereocenters. The predicted molar refractivity (Wildman–Crippen MR) is 215 cm³/mol. The Hall–Kier alpha value is -6.58. The monoisotopic (exact) mass is 653 g/mol. The molecule has 242 valence electrons. The highest BCUT2D eigenvalue weighted by molar-refractivity contribution is 6.12. The molecule has 2 aromatic heterocycles. The number of para-hydroxylation sites is 3. The van der Waals surface area contributed by atoms with E-state index in [2.05, 4.69) is 209 Å². The summed E-state index contributed by atoms with van der Waals surface area (Å²) >= 11 is 0. The molecule has 3 heterocycles. The Morgan fingerprint density at radius 2 is 0.961 bits per heavy atom. The largest absolute Gasteiger partial charge is 0.372 e. The van der Waals surface area contributed by atoms with E-state index in [9.17, 15) is 0 Å². The number of nitrogens with zero attached hydrogens (tertiary/aromatic N) is 2. The van der Waals surface area contributed by atoms with Gasteiger partial charge >= 0.3 is 0 Å². The van der Waals surface area contributed by atoms with Gasteiger partial charge in [-0.15, -0.1) is 0 Å². The second kappa shape index (κ2) is 11.5. The fourth-order valence-electron chi connectivity index (χ4n) is 8.07. The van der Waals surface area contributed by atoms with E-state index in [-0.39, 0.29) is 5.54 Å². The Morgan fingerprint density at radius 1 is 0.431 bits per heavy atom. The normalized spacial score (nSPS) is 15.8. The van der Waals surface area contributed by atoms with Gasteiger partial charge < -0.3 is 14.5 Å². The van der Waals surface area contributed by atoms with Crippen molar-refractivity contribution in [3.8, 4) is 22.5 Å². The smallest absolute Gasteiger partial charge is 0.0784 e. The van der Waals surface area contributed by atoms with E-state index in [0.29, 0.717) is 0 Å². The first-order valence-electron chi connectivity index (χ1n) is 17.6. The van der Waals surface area contributed by atoms with Gasteiger partial charge in [0, 0.05) is 38.6 Å². The summed E-state index contributed by atoms with van der Waals surface area (Å²) in [5.41, 5.74) is 12.8. The molecule has 0 bridgehead atoms. The highest BCUT2D eigenvalue weighted by Crippen LogP contribution is 2.39. The third kappa shape index (κ3) is 4.74. The van der Waals surface area contributed by atoms with Crippen molar-refractivity contribution in [3.63, 3.8) is 0 Å². The number of allylic oxidation sites excluding steroid dienone is 2.